The van der Waals surface area contributed by atoms with Gasteiger partial charge in [-0.1, -0.05) is 18.2 Å². The second-order valence-electron chi connectivity index (χ2n) is 3.77. The van der Waals surface area contributed by atoms with E-state index in [1.807, 2.05) is 0 Å². The molecule has 0 spiro atoms. The fourth-order valence-electron chi connectivity index (χ4n) is 1.62. The van der Waals surface area contributed by atoms with Gasteiger partial charge in [0.05, 0.1) is 5.56 Å². The summed E-state index contributed by atoms with van der Waals surface area (Å²) in [7, 11) is 0. The summed E-state index contributed by atoms with van der Waals surface area (Å²) in [6.45, 7) is 1.47. The molecule has 1 aromatic heterocycles. The van der Waals surface area contributed by atoms with Crippen LogP contribution in [0.2, 0.25) is 0 Å². The Bertz CT molecular complexity index is 697. The smallest absolute Gasteiger partial charge is 0.340 e. The first-order valence-corrected chi connectivity index (χ1v) is 5.34. The van der Waals surface area contributed by atoms with Crippen LogP contribution in [0, 0.1) is 11.3 Å². The Morgan fingerprint density at radius 2 is 2.17 bits per heavy atom. The molecule has 1 heterocycles. The number of rotatable bonds is 2. The third kappa shape index (κ3) is 2.23. The van der Waals surface area contributed by atoms with E-state index in [0.29, 0.717) is 10.9 Å². The number of nitrogens with one attached hydrogen (secondary N) is 1. The summed E-state index contributed by atoms with van der Waals surface area (Å²) in [6, 6.07) is 9.89. The molecular formula is C13H10N2O3. The van der Waals surface area contributed by atoms with Gasteiger partial charge in [0, 0.05) is 17.0 Å². The van der Waals surface area contributed by atoms with Crippen LogP contribution < -0.4 is 5.56 Å². The number of H-pyrrole nitrogens is 1. The molecule has 0 saturated carbocycles. The van der Waals surface area contributed by atoms with Gasteiger partial charge in [-0.3, -0.25) is 4.79 Å². The molecule has 0 bridgehead atoms. The van der Waals surface area contributed by atoms with Crippen LogP contribution >= 0.6 is 0 Å². The second kappa shape index (κ2) is 4.72. The molecule has 90 valence electrons. The number of ether oxygens (including phenoxy) is 1. The van der Waals surface area contributed by atoms with Crippen molar-refractivity contribution in [2.75, 3.05) is 0 Å². The fourth-order valence-corrected chi connectivity index (χ4v) is 1.62. The van der Waals surface area contributed by atoms with E-state index >= 15 is 0 Å². The van der Waals surface area contributed by atoms with Crippen molar-refractivity contribution in [1.29, 1.82) is 5.26 Å². The molecule has 0 saturated heterocycles. The predicted molar refractivity (Wildman–Crippen MR) is 65.1 cm³/mol. The SMILES string of the molecule is C[C@H](C#N)OC(=O)c1cc(=O)[nH]c2ccccc12. The summed E-state index contributed by atoms with van der Waals surface area (Å²) in [5, 5.41) is 9.19. The zero-order chi connectivity index (χ0) is 13.1. The minimum absolute atomic E-state index is 0.163. The van der Waals surface area contributed by atoms with Crippen molar-refractivity contribution in [2.45, 2.75) is 13.0 Å². The Balaban J connectivity index is 2.54. The number of nitrogens with zero attached hydrogens (tertiary/aromatic N) is 1. The van der Waals surface area contributed by atoms with Gasteiger partial charge in [0.2, 0.25) is 5.56 Å². The molecule has 0 aliphatic rings. The van der Waals surface area contributed by atoms with Crippen molar-refractivity contribution < 1.29 is 9.53 Å². The standard InChI is InChI=1S/C13H10N2O3/c1-8(7-14)18-13(17)10-6-12(16)15-11-5-3-2-4-9(10)11/h2-6,8H,1H3,(H,15,16)/t8-/m1/s1. The van der Waals surface area contributed by atoms with Gasteiger partial charge in [0.1, 0.15) is 6.07 Å². The van der Waals surface area contributed by atoms with Crippen molar-refractivity contribution in [1.82, 2.24) is 4.98 Å². The maximum absolute atomic E-state index is 11.9. The summed E-state index contributed by atoms with van der Waals surface area (Å²) in [4.78, 5) is 25.9. The van der Waals surface area contributed by atoms with E-state index < -0.39 is 12.1 Å². The highest BCUT2D eigenvalue weighted by molar-refractivity contribution is 6.03. The van der Waals surface area contributed by atoms with Crippen molar-refractivity contribution in [2.24, 2.45) is 0 Å². The third-order valence-electron chi connectivity index (χ3n) is 2.44. The first-order chi connectivity index (χ1) is 8.61. The van der Waals surface area contributed by atoms with E-state index in [4.69, 9.17) is 10.00 Å². The molecule has 1 aromatic carbocycles. The Hall–Kier alpha value is -2.61. The van der Waals surface area contributed by atoms with Crippen LogP contribution in [0.15, 0.2) is 35.1 Å². The molecule has 1 atom stereocenters. The summed E-state index contributed by atoms with van der Waals surface area (Å²) in [6.07, 6.45) is -0.851. The number of carbonyl (C=O) groups is 1. The van der Waals surface area contributed by atoms with E-state index in [0.717, 1.165) is 0 Å². The Morgan fingerprint density at radius 1 is 1.44 bits per heavy atom. The van der Waals surface area contributed by atoms with Crippen LogP contribution in [0.4, 0.5) is 0 Å². The van der Waals surface area contributed by atoms with Crippen molar-refractivity contribution in [3.63, 3.8) is 0 Å². The zero-order valence-electron chi connectivity index (χ0n) is 9.64. The van der Waals surface area contributed by atoms with E-state index in [-0.39, 0.29) is 11.1 Å². The van der Waals surface area contributed by atoms with Crippen LogP contribution in [0.3, 0.4) is 0 Å². The highest BCUT2D eigenvalue weighted by atomic mass is 16.5. The molecule has 5 heteroatoms. The maximum atomic E-state index is 11.9. The Kier molecular flexibility index (Phi) is 3.11. The number of carbonyl (C=O) groups excluding carboxylic acids is 1. The van der Waals surface area contributed by atoms with E-state index in [1.54, 1.807) is 30.3 Å². The van der Waals surface area contributed by atoms with E-state index in [2.05, 4.69) is 4.98 Å². The summed E-state index contributed by atoms with van der Waals surface area (Å²) in [5.74, 6) is -0.675. The average molecular weight is 242 g/mol. The molecule has 2 aromatic rings. The highest BCUT2D eigenvalue weighted by Gasteiger charge is 2.15. The third-order valence-corrected chi connectivity index (χ3v) is 2.44. The molecule has 0 amide bonds. The fraction of sp³-hybridized carbons (Fsp3) is 0.154. The van der Waals surface area contributed by atoms with E-state index in [1.165, 1.54) is 13.0 Å². The van der Waals surface area contributed by atoms with Gasteiger partial charge >= 0.3 is 5.97 Å². The number of aromatic amines is 1. The summed E-state index contributed by atoms with van der Waals surface area (Å²) < 4.78 is 4.90. The number of fused-ring (bicyclic) bond motifs is 1. The minimum Gasteiger partial charge on any atom is -0.444 e. The monoisotopic (exact) mass is 242 g/mol. The summed E-state index contributed by atoms with van der Waals surface area (Å²) in [5.41, 5.74) is 0.336. The van der Waals surface area contributed by atoms with E-state index in [9.17, 15) is 9.59 Å². The van der Waals surface area contributed by atoms with Gasteiger partial charge in [0.25, 0.3) is 0 Å². The van der Waals surface area contributed by atoms with Gasteiger partial charge in [-0.2, -0.15) is 5.26 Å². The van der Waals surface area contributed by atoms with Crippen LogP contribution in [-0.2, 0) is 4.74 Å². The molecule has 0 unspecified atom stereocenters. The number of para-hydroxylation sites is 1. The van der Waals surface area contributed by atoms with Gasteiger partial charge in [-0.25, -0.2) is 4.79 Å². The van der Waals surface area contributed by atoms with Gasteiger partial charge in [-0.05, 0) is 13.0 Å². The molecule has 1 N–H and O–H groups in total. The topological polar surface area (TPSA) is 82.9 Å². The number of hydrogen-bond acceptors (Lipinski definition) is 4. The molecule has 0 radical (unpaired) electrons. The molecular weight excluding hydrogens is 232 g/mol. The lowest BCUT2D eigenvalue weighted by atomic mass is 10.1. The van der Waals surface area contributed by atoms with Gasteiger partial charge < -0.3 is 9.72 Å². The zero-order valence-corrected chi connectivity index (χ0v) is 9.64. The first kappa shape index (κ1) is 11.9. The lowest BCUT2D eigenvalue weighted by molar-refractivity contribution is 0.0437. The lowest BCUT2D eigenvalue weighted by Gasteiger charge is -2.08. The van der Waals surface area contributed by atoms with Crippen molar-refractivity contribution >= 4 is 16.9 Å². The molecule has 0 aliphatic heterocycles. The normalized spacial score (nSPS) is 11.8. The Morgan fingerprint density at radius 3 is 2.89 bits per heavy atom. The number of benzene rings is 1. The minimum atomic E-state index is -0.851. The predicted octanol–water partition coefficient (Wildman–Crippen LogP) is 1.60. The van der Waals surface area contributed by atoms with Crippen LogP contribution in [0.5, 0.6) is 0 Å². The highest BCUT2D eigenvalue weighted by Crippen LogP contribution is 2.15. The van der Waals surface area contributed by atoms with Crippen molar-refractivity contribution in [3.05, 3.63) is 46.2 Å². The molecule has 0 aliphatic carbocycles. The lowest BCUT2D eigenvalue weighted by Crippen LogP contribution is -2.16. The molecule has 5 nitrogen and oxygen atoms in total. The number of aromatic nitrogens is 1. The van der Waals surface area contributed by atoms with Crippen molar-refractivity contribution in [3.8, 4) is 6.07 Å². The molecule has 18 heavy (non-hydrogen) atoms. The number of hydrogen-bond donors (Lipinski definition) is 1. The number of esters is 1. The largest absolute Gasteiger partial charge is 0.444 e. The second-order valence-corrected chi connectivity index (χ2v) is 3.77. The maximum Gasteiger partial charge on any atom is 0.340 e. The van der Waals surface area contributed by atoms with Gasteiger partial charge in [0.15, 0.2) is 6.10 Å². The quantitative estimate of drug-likeness (QED) is 0.811. The first-order valence-electron chi connectivity index (χ1n) is 5.34. The summed E-state index contributed by atoms with van der Waals surface area (Å²) >= 11 is 0. The average Bonchev–Trinajstić information content (AvgIpc) is 2.37. The van der Waals surface area contributed by atoms with Crippen LogP contribution in [0.25, 0.3) is 10.9 Å². The van der Waals surface area contributed by atoms with Crippen LogP contribution in [-0.4, -0.2) is 17.1 Å². The molecule has 0 fully saturated rings. The Labute approximate surface area is 103 Å². The molecule has 2 rings (SSSR count). The van der Waals surface area contributed by atoms with Crippen LogP contribution in [0.1, 0.15) is 17.3 Å². The number of pyridine rings is 1. The number of nitriles is 1. The van der Waals surface area contributed by atoms with Gasteiger partial charge in [-0.15, -0.1) is 0 Å².